The number of amides is 1. The van der Waals surface area contributed by atoms with Gasteiger partial charge in [-0.25, -0.2) is 4.68 Å². The number of nitrogens with zero attached hydrogens (tertiary/aromatic N) is 4. The van der Waals surface area contributed by atoms with Gasteiger partial charge in [0.15, 0.2) is 5.69 Å². The summed E-state index contributed by atoms with van der Waals surface area (Å²) in [6.45, 7) is 6.40. The van der Waals surface area contributed by atoms with Crippen molar-refractivity contribution in [1.29, 1.82) is 0 Å². The Labute approximate surface area is 135 Å². The number of nitrogens with one attached hydrogen (secondary N) is 1. The van der Waals surface area contributed by atoms with E-state index in [4.69, 9.17) is 0 Å². The van der Waals surface area contributed by atoms with Crippen LogP contribution < -0.4 is 5.32 Å². The number of rotatable bonds is 2. The summed E-state index contributed by atoms with van der Waals surface area (Å²) in [5.41, 5.74) is 2.45. The molecule has 1 fully saturated rings. The van der Waals surface area contributed by atoms with Crippen LogP contribution in [0.4, 0.5) is 0 Å². The van der Waals surface area contributed by atoms with E-state index in [2.05, 4.69) is 15.6 Å². The Balaban J connectivity index is 0.00000176. The standard InChI is InChI=1S/C15H19N5O.ClH/c1-11-4-3-5-13(8-11)20-10-14(17-18-20)15(21)19-7-6-16-9-12(19)2;/h3-5,8,10,12,16H,6-7,9H2,1-2H3;1H. The fraction of sp³-hybridized carbons (Fsp3) is 0.400. The Morgan fingerprint density at radius 3 is 2.95 bits per heavy atom. The maximum absolute atomic E-state index is 12.5. The predicted octanol–water partition coefficient (Wildman–Crippen LogP) is 1.43. The number of benzene rings is 1. The van der Waals surface area contributed by atoms with E-state index in [9.17, 15) is 4.79 Å². The van der Waals surface area contributed by atoms with Crippen LogP contribution in [0, 0.1) is 6.92 Å². The number of carbonyl (C=O) groups is 1. The lowest BCUT2D eigenvalue weighted by Gasteiger charge is -2.33. The molecule has 22 heavy (non-hydrogen) atoms. The van der Waals surface area contributed by atoms with Crippen LogP contribution in [0.2, 0.25) is 0 Å². The molecular weight excluding hydrogens is 302 g/mol. The van der Waals surface area contributed by atoms with Crippen molar-refractivity contribution in [3.05, 3.63) is 41.7 Å². The van der Waals surface area contributed by atoms with Gasteiger partial charge in [-0.2, -0.15) is 0 Å². The predicted molar refractivity (Wildman–Crippen MR) is 86.7 cm³/mol. The van der Waals surface area contributed by atoms with Crippen LogP contribution in [0.3, 0.4) is 0 Å². The van der Waals surface area contributed by atoms with Crippen molar-refractivity contribution in [2.75, 3.05) is 19.6 Å². The van der Waals surface area contributed by atoms with E-state index < -0.39 is 0 Å². The third-order valence-electron chi connectivity index (χ3n) is 3.74. The molecule has 1 aromatic carbocycles. The van der Waals surface area contributed by atoms with Gasteiger partial charge in [0.05, 0.1) is 11.9 Å². The number of hydrogen-bond acceptors (Lipinski definition) is 4. The summed E-state index contributed by atoms with van der Waals surface area (Å²) in [5, 5.41) is 11.4. The molecule has 1 atom stereocenters. The summed E-state index contributed by atoms with van der Waals surface area (Å²) in [4.78, 5) is 14.4. The molecule has 0 bridgehead atoms. The topological polar surface area (TPSA) is 63.1 Å². The van der Waals surface area contributed by atoms with Crippen LogP contribution in [0.5, 0.6) is 0 Å². The molecule has 1 amide bonds. The highest BCUT2D eigenvalue weighted by Crippen LogP contribution is 2.12. The van der Waals surface area contributed by atoms with Gasteiger partial charge in [0, 0.05) is 25.7 Å². The van der Waals surface area contributed by atoms with E-state index in [-0.39, 0.29) is 24.4 Å². The molecule has 0 spiro atoms. The van der Waals surface area contributed by atoms with Crippen LogP contribution in [0.1, 0.15) is 23.0 Å². The van der Waals surface area contributed by atoms with Gasteiger partial charge in [0.1, 0.15) is 0 Å². The first-order chi connectivity index (χ1) is 10.1. The third-order valence-corrected chi connectivity index (χ3v) is 3.74. The lowest BCUT2D eigenvalue weighted by molar-refractivity contribution is 0.0649. The first-order valence-corrected chi connectivity index (χ1v) is 7.16. The average Bonchev–Trinajstić information content (AvgIpc) is 2.97. The second-order valence-electron chi connectivity index (χ2n) is 5.44. The third kappa shape index (κ3) is 3.28. The van der Waals surface area contributed by atoms with Crippen LogP contribution >= 0.6 is 12.4 Å². The minimum Gasteiger partial charge on any atom is -0.332 e. The molecule has 0 saturated carbocycles. The first-order valence-electron chi connectivity index (χ1n) is 7.16. The van der Waals surface area contributed by atoms with Crippen molar-refractivity contribution in [3.63, 3.8) is 0 Å². The van der Waals surface area contributed by atoms with Gasteiger partial charge < -0.3 is 10.2 Å². The lowest BCUT2D eigenvalue weighted by Crippen LogP contribution is -2.52. The van der Waals surface area contributed by atoms with Gasteiger partial charge in [0.25, 0.3) is 5.91 Å². The second kappa shape index (κ2) is 6.89. The number of hydrogen-bond donors (Lipinski definition) is 1. The lowest BCUT2D eigenvalue weighted by atomic mass is 10.2. The van der Waals surface area contributed by atoms with Crippen molar-refractivity contribution in [1.82, 2.24) is 25.2 Å². The van der Waals surface area contributed by atoms with Gasteiger partial charge in [-0.3, -0.25) is 4.79 Å². The number of piperazine rings is 1. The Kier molecular flexibility index (Phi) is 5.15. The Hall–Kier alpha value is -1.92. The van der Waals surface area contributed by atoms with Crippen LogP contribution in [-0.4, -0.2) is 51.5 Å². The number of aryl methyl sites for hydroxylation is 1. The fourth-order valence-corrected chi connectivity index (χ4v) is 2.55. The zero-order valence-electron chi connectivity index (χ0n) is 12.7. The van der Waals surface area contributed by atoms with Crippen molar-refractivity contribution >= 4 is 18.3 Å². The number of aromatic nitrogens is 3. The molecular formula is C15H20ClN5O. The summed E-state index contributed by atoms with van der Waals surface area (Å²) in [6.07, 6.45) is 1.70. The van der Waals surface area contributed by atoms with E-state index >= 15 is 0 Å². The molecule has 2 aromatic rings. The molecule has 0 aliphatic carbocycles. The van der Waals surface area contributed by atoms with Crippen LogP contribution in [0.25, 0.3) is 5.69 Å². The summed E-state index contributed by atoms with van der Waals surface area (Å²) >= 11 is 0. The Morgan fingerprint density at radius 1 is 1.41 bits per heavy atom. The van der Waals surface area contributed by atoms with Crippen LogP contribution in [0.15, 0.2) is 30.5 Å². The summed E-state index contributed by atoms with van der Waals surface area (Å²) < 4.78 is 1.65. The molecule has 1 aliphatic heterocycles. The monoisotopic (exact) mass is 321 g/mol. The normalized spacial score (nSPS) is 17.9. The summed E-state index contributed by atoms with van der Waals surface area (Å²) in [6, 6.07) is 8.12. The maximum Gasteiger partial charge on any atom is 0.276 e. The van der Waals surface area contributed by atoms with Crippen molar-refractivity contribution in [2.24, 2.45) is 0 Å². The molecule has 3 rings (SSSR count). The molecule has 1 saturated heterocycles. The van der Waals surface area contributed by atoms with Gasteiger partial charge in [-0.15, -0.1) is 17.5 Å². The molecule has 118 valence electrons. The SMILES string of the molecule is Cc1cccc(-n2cc(C(=O)N3CCNCC3C)nn2)c1.Cl. The van der Waals surface area contributed by atoms with Gasteiger partial charge in [-0.05, 0) is 31.5 Å². The van der Waals surface area contributed by atoms with E-state index in [0.29, 0.717) is 12.2 Å². The van der Waals surface area contributed by atoms with Gasteiger partial charge in [-0.1, -0.05) is 17.3 Å². The minimum atomic E-state index is -0.0529. The number of halogens is 1. The van der Waals surface area contributed by atoms with Crippen LogP contribution in [-0.2, 0) is 0 Å². The zero-order valence-corrected chi connectivity index (χ0v) is 13.5. The second-order valence-corrected chi connectivity index (χ2v) is 5.44. The molecule has 1 N–H and O–H groups in total. The Bertz CT molecular complexity index is 657. The molecule has 7 heteroatoms. The summed E-state index contributed by atoms with van der Waals surface area (Å²) in [5.74, 6) is -0.0529. The molecule has 1 aliphatic rings. The highest BCUT2D eigenvalue weighted by molar-refractivity contribution is 5.92. The highest BCUT2D eigenvalue weighted by atomic mass is 35.5. The molecule has 1 aromatic heterocycles. The maximum atomic E-state index is 12.5. The van der Waals surface area contributed by atoms with E-state index in [1.54, 1.807) is 10.9 Å². The molecule has 1 unspecified atom stereocenters. The van der Waals surface area contributed by atoms with Gasteiger partial charge in [0.2, 0.25) is 0 Å². The van der Waals surface area contributed by atoms with E-state index in [1.807, 2.05) is 43.0 Å². The Morgan fingerprint density at radius 2 is 2.23 bits per heavy atom. The minimum absolute atomic E-state index is 0. The molecule has 2 heterocycles. The molecule has 0 radical (unpaired) electrons. The zero-order chi connectivity index (χ0) is 14.8. The van der Waals surface area contributed by atoms with E-state index in [1.165, 1.54) is 0 Å². The first kappa shape index (κ1) is 16.5. The highest BCUT2D eigenvalue weighted by Gasteiger charge is 2.26. The van der Waals surface area contributed by atoms with Crippen molar-refractivity contribution in [3.8, 4) is 5.69 Å². The van der Waals surface area contributed by atoms with Crippen molar-refractivity contribution < 1.29 is 4.79 Å². The van der Waals surface area contributed by atoms with Gasteiger partial charge >= 0.3 is 0 Å². The van der Waals surface area contributed by atoms with E-state index in [0.717, 1.165) is 24.3 Å². The smallest absolute Gasteiger partial charge is 0.276 e. The fourth-order valence-electron chi connectivity index (χ4n) is 2.55. The number of carbonyl (C=O) groups excluding carboxylic acids is 1. The average molecular weight is 322 g/mol. The van der Waals surface area contributed by atoms with Crippen molar-refractivity contribution in [2.45, 2.75) is 19.9 Å². The summed E-state index contributed by atoms with van der Waals surface area (Å²) in [7, 11) is 0. The molecule has 6 nitrogen and oxygen atoms in total. The largest absolute Gasteiger partial charge is 0.332 e. The quantitative estimate of drug-likeness (QED) is 0.909.